The molecule has 0 spiro atoms. The van der Waals surface area contributed by atoms with Gasteiger partial charge in [0.05, 0.1) is 56.6 Å². The number of guanidine groups is 1. The fourth-order valence-electron chi connectivity index (χ4n) is 5.10. The molecule has 1 aliphatic heterocycles. The molecule has 0 aliphatic carbocycles. The van der Waals surface area contributed by atoms with Crippen molar-refractivity contribution >= 4 is 82.5 Å². The second kappa shape index (κ2) is 63.4. The molecule has 1 saturated heterocycles. The summed E-state index contributed by atoms with van der Waals surface area (Å²) in [5.41, 5.74) is 38.5. The van der Waals surface area contributed by atoms with Crippen molar-refractivity contribution < 1.29 is 72.1 Å². The Balaban J connectivity index is -0.000000368. The summed E-state index contributed by atoms with van der Waals surface area (Å²) in [5, 5.41) is 29.5. The molecule has 18 nitrogen and oxygen atoms in total. The fraction of sp³-hybridized carbons (Fsp3) is 0.292. The maximum absolute atomic E-state index is 10.7. The molecule has 0 amide bonds. The van der Waals surface area contributed by atoms with Crippen LogP contribution < -0.4 is 47.5 Å². The van der Waals surface area contributed by atoms with Crippen LogP contribution in [0.5, 0.6) is 0 Å². The van der Waals surface area contributed by atoms with E-state index >= 15 is 0 Å². The van der Waals surface area contributed by atoms with Crippen molar-refractivity contribution in [3.63, 3.8) is 0 Å². The summed E-state index contributed by atoms with van der Waals surface area (Å²) in [7, 11) is -3.45. The van der Waals surface area contributed by atoms with Gasteiger partial charge in [-0.15, -0.1) is 4.95 Å². The van der Waals surface area contributed by atoms with Crippen LogP contribution in [0, 0.1) is 17.4 Å². The van der Waals surface area contributed by atoms with E-state index in [1.807, 2.05) is 38.1 Å². The molecule has 88 heavy (non-hydrogen) atoms. The second-order valence-corrected chi connectivity index (χ2v) is 19.7. The zero-order valence-corrected chi connectivity index (χ0v) is 55.0. The summed E-state index contributed by atoms with van der Waals surface area (Å²) < 4.78 is 169. The quantitative estimate of drug-likeness (QED) is 0.00322. The number of aliphatic hydroxyl groups excluding tert-OH is 1. The minimum absolute atomic E-state index is 0. The average molecular weight is 1380 g/mol. The van der Waals surface area contributed by atoms with Crippen molar-refractivity contribution in [2.24, 2.45) is 33.2 Å². The standard InChI is InChI=1S/C12H17N3.C9H12O3S.C8H9N3.C8H11N.C8H10O.C6H6BrN.C6H5Br.C4H10O.C2H4N4.C2H4O.Al.Li.H/c13-11(9-12(14)15)8-4-7-10-5-2-1-3-6-10;1-13(10,11)12-8-7-9-5-3-2-4-6-9;9-11-10-7-6-8-4-2-1-3-5-8;2*9-7-6-8-4-2-1-3-5-8;7-5-1-3-6(8)4-2-5;7-6-4-2-1-3-5-6;1-3-5-4-2;1-5-6-2(3)4;1-2-3-1;;;/h1-3,5-6,13H,4,7-9H2,(H3,14,15);2-6H,7-8H2,1H3;1-5H,6-7H2;1-5H,6-7,9H2;1-5,9H,6-7H2;1-4H,8H2;1-5H;3-4H2,1-2H3;(H4,3,4,6);1-2H2;;;/q;;;;;;;;;;;+1;-1/i1D,2D,3D;2D,3D,4D;3*1D,2D,3D;;1D,2D,3D;;;;;;. The summed E-state index contributed by atoms with van der Waals surface area (Å²) in [6, 6.07) is 26.1. The van der Waals surface area contributed by atoms with Crippen LogP contribution in [0.15, 0.2) is 225 Å². The van der Waals surface area contributed by atoms with Crippen molar-refractivity contribution in [3.05, 3.63) is 265 Å². The zero-order chi connectivity index (χ0) is 79.8. The van der Waals surface area contributed by atoms with Gasteiger partial charge in [0, 0.05) is 75.4 Å². The Morgan fingerprint density at radius 2 is 1.06 bits per heavy atom. The topological polar surface area (TPSA) is 329 Å². The van der Waals surface area contributed by atoms with Crippen LogP contribution in [0.3, 0.4) is 0 Å². The molecule has 0 bridgehead atoms. The van der Waals surface area contributed by atoms with E-state index in [0.29, 0.717) is 67.4 Å². The van der Waals surface area contributed by atoms with E-state index in [1.54, 1.807) is 24.3 Å². The number of anilines is 1. The minimum atomic E-state index is -3.45. The fourth-order valence-corrected chi connectivity index (χ4v) is 5.98. The SMILES string of the molecule is C1CO1.CCOCC.Nc1ccc(Br)cc1.[2H]c1cc(Br)cc([2H])c1[2H].[2H]c1cc(CCCC(=N)CC(=N)N)cc([2H])c1[2H].[2H]c1cc(CCN)cc([2H])c1[2H].[2H]c1cc(CCN=[N+]=[N-])cc([2H])c1[2H].[2H]c1cc(CCO)cc([2H])c1[2H].[2H]c1cc(CCOS(C)(=O)=O)cc([2H])c1[2H].[Al].[C-]#[N+]N=C(N)N.[H-].[Li+]. The number of benzene rings is 7. The molecule has 13 N–H and O–H groups in total. The second-order valence-electron chi connectivity index (χ2n) is 16.2. The first-order valence-electron chi connectivity index (χ1n) is 35.0. The molecule has 3 radical (unpaired) electrons. The third-order valence-electron chi connectivity index (χ3n) is 8.94. The number of nitrogen functional groups attached to an aromatic ring is 1. The molecule has 1 aliphatic rings. The summed E-state index contributed by atoms with van der Waals surface area (Å²) in [6.07, 6.45) is 5.03. The van der Waals surface area contributed by atoms with Gasteiger partial charge in [-0.05, 0) is 135 Å². The van der Waals surface area contributed by atoms with E-state index in [1.165, 1.54) is 48.5 Å². The maximum Gasteiger partial charge on any atom is 1.00 e. The first-order chi connectivity index (χ1) is 48.7. The average Bonchev–Trinajstić information content (AvgIpc) is 1.38. The predicted molar refractivity (Wildman–Crippen MR) is 370 cm³/mol. The van der Waals surface area contributed by atoms with Crippen LogP contribution in [-0.2, 0) is 55.9 Å². The number of aliphatic hydroxyl groups is 1. The number of hydrogen-bond donors (Lipinski definition) is 8. The van der Waals surface area contributed by atoms with Gasteiger partial charge in [-0.2, -0.15) is 15.0 Å². The van der Waals surface area contributed by atoms with Crippen LogP contribution >= 0.6 is 31.9 Å². The molecule has 23 heteroatoms. The van der Waals surface area contributed by atoms with Gasteiger partial charge in [0.1, 0.15) is 5.10 Å². The molecular formula is C65H89AlBr2LiN12O6S. The van der Waals surface area contributed by atoms with Gasteiger partial charge in [0.15, 0.2) is 0 Å². The Hall–Kier alpha value is -6.61. The van der Waals surface area contributed by atoms with Crippen molar-refractivity contribution in [1.29, 1.82) is 10.8 Å². The maximum atomic E-state index is 10.7. The smallest absolute Gasteiger partial charge is 1.00 e. The van der Waals surface area contributed by atoms with E-state index in [0.717, 1.165) is 71.5 Å². The van der Waals surface area contributed by atoms with Crippen LogP contribution in [0.1, 0.15) is 87.0 Å². The number of aryl methyl sites for hydroxylation is 1. The third-order valence-corrected chi connectivity index (χ3v) is 10.5. The molecule has 0 saturated carbocycles. The van der Waals surface area contributed by atoms with Gasteiger partial charge in [0.2, 0.25) is 0 Å². The van der Waals surface area contributed by atoms with Gasteiger partial charge in [-0.25, -0.2) is 0 Å². The van der Waals surface area contributed by atoms with Crippen molar-refractivity contribution in [3.8, 4) is 0 Å². The van der Waals surface area contributed by atoms with E-state index in [-0.39, 0.29) is 178 Å². The molecule has 1 fully saturated rings. The normalized spacial score (nSPS) is 12.5. The Bertz CT molecular complexity index is 3850. The number of nitrogens with one attached hydrogen (secondary N) is 2. The molecule has 8 rings (SSSR count). The minimum Gasteiger partial charge on any atom is -1.00 e. The van der Waals surface area contributed by atoms with Gasteiger partial charge in [-0.1, -0.05) is 206 Å². The number of rotatable bonds is 19. The van der Waals surface area contributed by atoms with Gasteiger partial charge < -0.3 is 50.1 Å². The molecule has 0 atom stereocenters. The van der Waals surface area contributed by atoms with Crippen molar-refractivity contribution in [2.45, 2.75) is 65.2 Å². The monoisotopic (exact) mass is 1380 g/mol. The Labute approximate surface area is 590 Å². The van der Waals surface area contributed by atoms with Crippen LogP contribution in [0.25, 0.3) is 15.4 Å². The molecule has 469 valence electrons. The Morgan fingerprint density at radius 3 is 1.36 bits per heavy atom. The largest absolute Gasteiger partial charge is 1.00 e. The number of nitrogens with two attached hydrogens (primary N) is 5. The molecule has 0 aromatic heterocycles. The number of hydrogen-bond acceptors (Lipinski definition) is 12. The number of halogens is 2. The van der Waals surface area contributed by atoms with E-state index < -0.39 is 10.1 Å². The number of nitrogens with zero attached hydrogens (tertiary/aromatic N) is 5. The van der Waals surface area contributed by atoms with Crippen LogP contribution in [0.2, 0.25) is 0 Å². The molecular weight excluding hydrogens is 1270 g/mol. The molecule has 0 unspecified atom stereocenters. The first-order valence-corrected chi connectivity index (χ1v) is 29.4. The number of azide groups is 1. The number of epoxide rings is 1. The Morgan fingerprint density at radius 1 is 0.682 bits per heavy atom. The molecule has 7 aromatic rings. The van der Waals surface area contributed by atoms with E-state index in [4.69, 9.17) is 86.1 Å². The van der Waals surface area contributed by atoms with E-state index in [9.17, 15) is 8.42 Å². The summed E-state index contributed by atoms with van der Waals surface area (Å²) in [5.74, 6) is -0.189. The molecule has 7 aromatic carbocycles. The molecule has 1 heterocycles. The number of ether oxygens (including phenoxy) is 2. The van der Waals surface area contributed by atoms with Crippen LogP contribution in [-0.4, -0.2) is 107 Å². The van der Waals surface area contributed by atoms with Gasteiger partial charge in [0.25, 0.3) is 16.1 Å². The van der Waals surface area contributed by atoms with E-state index in [2.05, 4.69) is 60.9 Å². The Kier molecular flexibility index (Phi) is 41.7. The number of amidine groups is 1. The first kappa shape index (κ1) is 57.8. The van der Waals surface area contributed by atoms with Gasteiger partial charge >= 0.3 is 18.9 Å². The van der Waals surface area contributed by atoms with Crippen LogP contribution in [0.4, 0.5) is 5.69 Å². The summed E-state index contributed by atoms with van der Waals surface area (Å²) in [6.45, 7) is 14.5. The van der Waals surface area contributed by atoms with Gasteiger partial charge in [-0.3, -0.25) is 9.59 Å². The third kappa shape index (κ3) is 66.9. The summed E-state index contributed by atoms with van der Waals surface area (Å²) in [4.78, 5) is 5.13. The summed E-state index contributed by atoms with van der Waals surface area (Å²) >= 11 is 6.41. The van der Waals surface area contributed by atoms with Crippen molar-refractivity contribution in [2.75, 3.05) is 64.7 Å². The zero-order valence-electron chi connectivity index (χ0n) is 68.9. The van der Waals surface area contributed by atoms with Crippen molar-refractivity contribution in [1.82, 2.24) is 0 Å². The predicted octanol–water partition coefficient (Wildman–Crippen LogP) is 9.88.